The number of hydrogen-bond donors (Lipinski definition) is 2. The molecule has 3 nitrogen and oxygen atoms in total. The van der Waals surface area contributed by atoms with Crippen molar-refractivity contribution in [1.29, 1.82) is 0 Å². The highest BCUT2D eigenvalue weighted by atomic mass is 16.1. The highest BCUT2D eigenvalue weighted by molar-refractivity contribution is 5.72. The minimum atomic E-state index is 0.0444. The molecule has 0 saturated carbocycles. The number of nitrogens with one attached hydrogen (secondary N) is 2. The fourth-order valence-corrected chi connectivity index (χ4v) is 1.28. The van der Waals surface area contributed by atoms with Crippen molar-refractivity contribution in [1.82, 2.24) is 10.6 Å². The lowest BCUT2D eigenvalue weighted by Gasteiger charge is -2.26. The van der Waals surface area contributed by atoms with Gasteiger partial charge in [0, 0.05) is 25.0 Å². The van der Waals surface area contributed by atoms with Crippen LogP contribution in [0, 0.1) is 0 Å². The van der Waals surface area contributed by atoms with Crippen molar-refractivity contribution in [2.45, 2.75) is 52.6 Å². The summed E-state index contributed by atoms with van der Waals surface area (Å²) in [7, 11) is 0. The molecule has 0 aliphatic heterocycles. The molecule has 78 valence electrons. The summed E-state index contributed by atoms with van der Waals surface area (Å²) >= 11 is 0. The first kappa shape index (κ1) is 12.4. The number of carbonyl (C=O) groups is 1. The van der Waals surface area contributed by atoms with Gasteiger partial charge in [-0.2, -0.15) is 0 Å². The summed E-state index contributed by atoms with van der Waals surface area (Å²) in [4.78, 5) is 10.6. The van der Waals surface area contributed by atoms with E-state index in [0.29, 0.717) is 6.04 Å². The van der Waals surface area contributed by atoms with Crippen molar-refractivity contribution >= 4 is 5.91 Å². The second-order valence-electron chi connectivity index (χ2n) is 4.57. The Morgan fingerprint density at radius 1 is 1.38 bits per heavy atom. The molecule has 0 saturated heterocycles. The fraction of sp³-hybridized carbons (Fsp3) is 0.900. The van der Waals surface area contributed by atoms with Crippen LogP contribution in [0.3, 0.4) is 0 Å². The fourth-order valence-electron chi connectivity index (χ4n) is 1.28. The van der Waals surface area contributed by atoms with Crippen molar-refractivity contribution < 1.29 is 4.79 Å². The number of amides is 1. The first-order valence-electron chi connectivity index (χ1n) is 4.83. The van der Waals surface area contributed by atoms with Crippen LogP contribution < -0.4 is 10.6 Å². The molecule has 0 heterocycles. The van der Waals surface area contributed by atoms with Crippen molar-refractivity contribution in [3.63, 3.8) is 0 Å². The SMILES string of the molecule is CC(=O)NCCC(C)NC(C)(C)C. The molecule has 0 radical (unpaired) electrons. The summed E-state index contributed by atoms with van der Waals surface area (Å²) in [5.74, 6) is 0.0444. The van der Waals surface area contributed by atoms with Gasteiger partial charge in [-0.1, -0.05) is 0 Å². The third kappa shape index (κ3) is 9.34. The zero-order chi connectivity index (χ0) is 10.5. The second kappa shape index (κ2) is 5.22. The minimum absolute atomic E-state index is 0.0444. The molecule has 0 aromatic rings. The zero-order valence-electron chi connectivity index (χ0n) is 9.40. The lowest BCUT2D eigenvalue weighted by atomic mass is 10.1. The Morgan fingerprint density at radius 3 is 2.31 bits per heavy atom. The minimum Gasteiger partial charge on any atom is -0.356 e. The number of hydrogen-bond acceptors (Lipinski definition) is 2. The highest BCUT2D eigenvalue weighted by Crippen LogP contribution is 2.02. The second-order valence-corrected chi connectivity index (χ2v) is 4.57. The Balaban J connectivity index is 3.52. The van der Waals surface area contributed by atoms with Crippen molar-refractivity contribution in [3.05, 3.63) is 0 Å². The first-order chi connectivity index (χ1) is 5.81. The molecule has 0 spiro atoms. The molecule has 0 bridgehead atoms. The van der Waals surface area contributed by atoms with E-state index in [-0.39, 0.29) is 11.4 Å². The van der Waals surface area contributed by atoms with E-state index in [2.05, 4.69) is 38.3 Å². The van der Waals surface area contributed by atoms with E-state index in [1.54, 1.807) is 6.92 Å². The molecule has 0 aromatic heterocycles. The van der Waals surface area contributed by atoms with E-state index < -0.39 is 0 Å². The van der Waals surface area contributed by atoms with E-state index in [1.807, 2.05) is 0 Å². The summed E-state index contributed by atoms with van der Waals surface area (Å²) in [6, 6.07) is 0.437. The standard InChI is InChI=1S/C10H22N2O/c1-8(12-10(3,4)5)6-7-11-9(2)13/h8,12H,6-7H2,1-5H3,(H,11,13). The Labute approximate surface area is 81.3 Å². The lowest BCUT2D eigenvalue weighted by Crippen LogP contribution is -2.43. The van der Waals surface area contributed by atoms with Gasteiger partial charge in [-0.15, -0.1) is 0 Å². The third-order valence-corrected chi connectivity index (χ3v) is 1.63. The van der Waals surface area contributed by atoms with Crippen LogP contribution in [0.1, 0.15) is 41.0 Å². The summed E-state index contributed by atoms with van der Waals surface area (Å²) in [6.45, 7) is 10.8. The number of carbonyl (C=O) groups excluding carboxylic acids is 1. The predicted molar refractivity (Wildman–Crippen MR) is 55.7 cm³/mol. The van der Waals surface area contributed by atoms with Crippen LogP contribution in [0.4, 0.5) is 0 Å². The Bertz CT molecular complexity index is 161. The molecule has 1 unspecified atom stereocenters. The van der Waals surface area contributed by atoms with E-state index in [9.17, 15) is 4.79 Å². The van der Waals surface area contributed by atoms with E-state index in [4.69, 9.17) is 0 Å². The smallest absolute Gasteiger partial charge is 0.216 e. The molecular formula is C10H22N2O. The maximum absolute atomic E-state index is 10.6. The lowest BCUT2D eigenvalue weighted by molar-refractivity contribution is -0.118. The Kier molecular flexibility index (Phi) is 4.99. The van der Waals surface area contributed by atoms with Crippen molar-refractivity contribution in [3.8, 4) is 0 Å². The van der Waals surface area contributed by atoms with Gasteiger partial charge in [0.05, 0.1) is 0 Å². The highest BCUT2D eigenvalue weighted by Gasteiger charge is 2.12. The first-order valence-corrected chi connectivity index (χ1v) is 4.83. The van der Waals surface area contributed by atoms with Crippen LogP contribution in [0.15, 0.2) is 0 Å². The summed E-state index contributed by atoms with van der Waals surface area (Å²) in [5.41, 5.74) is 0.148. The Hall–Kier alpha value is -0.570. The van der Waals surface area contributed by atoms with Crippen LogP contribution in [-0.2, 0) is 4.79 Å². The molecule has 2 N–H and O–H groups in total. The molecule has 1 amide bonds. The molecular weight excluding hydrogens is 164 g/mol. The van der Waals surface area contributed by atoms with Gasteiger partial charge in [0.15, 0.2) is 0 Å². The summed E-state index contributed by atoms with van der Waals surface area (Å²) in [5, 5.41) is 6.22. The number of rotatable bonds is 4. The van der Waals surface area contributed by atoms with Gasteiger partial charge in [0.25, 0.3) is 0 Å². The quantitative estimate of drug-likeness (QED) is 0.694. The van der Waals surface area contributed by atoms with E-state index in [0.717, 1.165) is 13.0 Å². The van der Waals surface area contributed by atoms with Crippen LogP contribution >= 0.6 is 0 Å². The monoisotopic (exact) mass is 186 g/mol. The summed E-state index contributed by atoms with van der Waals surface area (Å²) in [6.07, 6.45) is 0.969. The van der Waals surface area contributed by atoms with Gasteiger partial charge in [-0.05, 0) is 34.1 Å². The van der Waals surface area contributed by atoms with Crippen LogP contribution in [0.5, 0.6) is 0 Å². The molecule has 3 heteroatoms. The average molecular weight is 186 g/mol. The predicted octanol–water partition coefficient (Wildman–Crippen LogP) is 1.29. The van der Waals surface area contributed by atoms with Gasteiger partial charge in [-0.3, -0.25) is 4.79 Å². The molecule has 1 atom stereocenters. The van der Waals surface area contributed by atoms with Crippen molar-refractivity contribution in [2.24, 2.45) is 0 Å². The van der Waals surface area contributed by atoms with E-state index >= 15 is 0 Å². The maximum Gasteiger partial charge on any atom is 0.216 e. The summed E-state index contributed by atoms with van der Waals surface area (Å²) < 4.78 is 0. The molecule has 0 aliphatic carbocycles. The molecule has 0 fully saturated rings. The van der Waals surface area contributed by atoms with Crippen LogP contribution in [-0.4, -0.2) is 24.0 Å². The van der Waals surface area contributed by atoms with Gasteiger partial charge < -0.3 is 10.6 Å². The topological polar surface area (TPSA) is 41.1 Å². The zero-order valence-corrected chi connectivity index (χ0v) is 9.40. The van der Waals surface area contributed by atoms with Gasteiger partial charge >= 0.3 is 0 Å². The molecule has 0 aliphatic rings. The molecule has 13 heavy (non-hydrogen) atoms. The van der Waals surface area contributed by atoms with Crippen molar-refractivity contribution in [2.75, 3.05) is 6.54 Å². The molecule has 0 aromatic carbocycles. The Morgan fingerprint density at radius 2 is 1.92 bits per heavy atom. The van der Waals surface area contributed by atoms with Gasteiger partial charge in [0.1, 0.15) is 0 Å². The van der Waals surface area contributed by atoms with Crippen LogP contribution in [0.2, 0.25) is 0 Å². The third-order valence-electron chi connectivity index (χ3n) is 1.63. The average Bonchev–Trinajstić information content (AvgIpc) is 1.81. The van der Waals surface area contributed by atoms with Gasteiger partial charge in [0.2, 0.25) is 5.91 Å². The van der Waals surface area contributed by atoms with Crippen LogP contribution in [0.25, 0.3) is 0 Å². The van der Waals surface area contributed by atoms with Gasteiger partial charge in [-0.25, -0.2) is 0 Å². The molecule has 0 rings (SSSR count). The maximum atomic E-state index is 10.6. The van der Waals surface area contributed by atoms with E-state index in [1.165, 1.54) is 0 Å². The largest absolute Gasteiger partial charge is 0.356 e. The normalized spacial score (nSPS) is 13.9.